The summed E-state index contributed by atoms with van der Waals surface area (Å²) < 4.78 is 35.2. The van der Waals surface area contributed by atoms with Crippen LogP contribution in [0.15, 0.2) is 65.8 Å². The van der Waals surface area contributed by atoms with Gasteiger partial charge in [0.25, 0.3) is 10.1 Å². The molecule has 3 aromatic rings. The predicted octanol–water partition coefficient (Wildman–Crippen LogP) is 4.29. The molecule has 0 N–H and O–H groups in total. The van der Waals surface area contributed by atoms with Gasteiger partial charge >= 0.3 is 0 Å². The number of nitrogens with zero attached hydrogens (tertiary/aromatic N) is 3. The summed E-state index contributed by atoms with van der Waals surface area (Å²) in [6.45, 7) is 0.144. The number of azide groups is 1. The van der Waals surface area contributed by atoms with Gasteiger partial charge in [0, 0.05) is 39.1 Å². The normalized spacial score (nSPS) is 18.3. The maximum atomic E-state index is 13.5. The number of ketones is 2. The lowest BCUT2D eigenvalue weighted by molar-refractivity contribution is 0.0977. The van der Waals surface area contributed by atoms with Gasteiger partial charge in [-0.3, -0.25) is 13.8 Å². The average molecular weight is 490 g/mol. The lowest BCUT2D eigenvalue weighted by Crippen LogP contribution is -2.23. The second-order valence-corrected chi connectivity index (χ2v) is 9.96. The number of carbonyl (C=O) groups excluding carboxylic acids is 2. The predicted molar refractivity (Wildman–Crippen MR) is 126 cm³/mol. The Hall–Kier alpha value is -3.98. The fourth-order valence-corrected chi connectivity index (χ4v) is 5.34. The van der Waals surface area contributed by atoms with Crippen molar-refractivity contribution >= 4 is 21.7 Å². The molecule has 2 aliphatic rings. The van der Waals surface area contributed by atoms with E-state index < -0.39 is 22.3 Å². The van der Waals surface area contributed by atoms with Crippen LogP contribution in [0.4, 0.5) is 0 Å². The molecule has 2 atom stereocenters. The Kier molecular flexibility index (Phi) is 5.64. The SMILES string of the molecule is CS(=O)(=O)O[C@@H]1Cc2c3c(cc(OCc4ccccc4)c2[C@@H]1N=[N+]=[N-])C(=O)c1ccccc1C3=O. The van der Waals surface area contributed by atoms with Gasteiger partial charge in [-0.25, -0.2) is 0 Å². The van der Waals surface area contributed by atoms with E-state index in [4.69, 9.17) is 8.92 Å². The minimum absolute atomic E-state index is 0.0435. The van der Waals surface area contributed by atoms with Gasteiger partial charge in [0.2, 0.25) is 0 Å². The van der Waals surface area contributed by atoms with Crippen LogP contribution in [0.2, 0.25) is 0 Å². The van der Waals surface area contributed by atoms with Crippen molar-refractivity contribution in [2.75, 3.05) is 6.26 Å². The van der Waals surface area contributed by atoms with Gasteiger partial charge in [-0.2, -0.15) is 8.42 Å². The topological polar surface area (TPSA) is 136 Å². The van der Waals surface area contributed by atoms with E-state index in [1.165, 1.54) is 6.07 Å². The van der Waals surface area contributed by atoms with Crippen LogP contribution in [0, 0.1) is 0 Å². The van der Waals surface area contributed by atoms with Crippen LogP contribution >= 0.6 is 0 Å². The Morgan fingerprint density at radius 2 is 1.66 bits per heavy atom. The van der Waals surface area contributed by atoms with Crippen LogP contribution in [0.1, 0.15) is 54.6 Å². The van der Waals surface area contributed by atoms with Gasteiger partial charge in [0.1, 0.15) is 12.4 Å². The van der Waals surface area contributed by atoms with Crippen molar-refractivity contribution in [2.45, 2.75) is 25.2 Å². The zero-order valence-electron chi connectivity index (χ0n) is 18.5. The second-order valence-electron chi connectivity index (χ2n) is 8.36. The molecule has 176 valence electrons. The van der Waals surface area contributed by atoms with Crippen molar-refractivity contribution in [3.05, 3.63) is 110 Å². The maximum absolute atomic E-state index is 13.5. The number of carbonyl (C=O) groups is 2. The molecule has 0 unspecified atom stereocenters. The maximum Gasteiger partial charge on any atom is 0.264 e. The van der Waals surface area contributed by atoms with E-state index in [9.17, 15) is 23.5 Å². The zero-order chi connectivity index (χ0) is 24.7. The Morgan fingerprint density at radius 3 is 2.31 bits per heavy atom. The summed E-state index contributed by atoms with van der Waals surface area (Å²) in [6, 6.07) is 16.2. The van der Waals surface area contributed by atoms with Crippen molar-refractivity contribution < 1.29 is 26.9 Å². The molecular formula is C25H19N3O6S. The number of hydrogen-bond acceptors (Lipinski definition) is 7. The van der Waals surface area contributed by atoms with E-state index in [-0.39, 0.29) is 52.6 Å². The van der Waals surface area contributed by atoms with E-state index in [1.54, 1.807) is 24.3 Å². The molecule has 0 saturated carbocycles. The van der Waals surface area contributed by atoms with Gasteiger partial charge in [-0.15, -0.1) is 0 Å². The van der Waals surface area contributed by atoms with E-state index in [0.29, 0.717) is 11.1 Å². The van der Waals surface area contributed by atoms with Crippen molar-refractivity contribution in [3.63, 3.8) is 0 Å². The Labute approximate surface area is 201 Å². The lowest BCUT2D eigenvalue weighted by Gasteiger charge is -2.23. The van der Waals surface area contributed by atoms with Gasteiger partial charge in [0.05, 0.1) is 18.4 Å². The average Bonchev–Trinajstić information content (AvgIpc) is 3.18. The van der Waals surface area contributed by atoms with Crippen LogP contribution < -0.4 is 4.74 Å². The summed E-state index contributed by atoms with van der Waals surface area (Å²) in [5.74, 6) is -0.462. The minimum Gasteiger partial charge on any atom is -0.489 e. The summed E-state index contributed by atoms with van der Waals surface area (Å²) in [4.78, 5) is 29.8. The van der Waals surface area contributed by atoms with Gasteiger partial charge in [0.15, 0.2) is 11.6 Å². The molecule has 0 bridgehead atoms. The summed E-state index contributed by atoms with van der Waals surface area (Å²) in [7, 11) is -3.91. The minimum atomic E-state index is -3.91. The second kappa shape index (κ2) is 8.66. The molecule has 0 spiro atoms. The highest BCUT2D eigenvalue weighted by atomic mass is 32.2. The molecule has 2 aliphatic carbocycles. The molecule has 0 amide bonds. The third-order valence-electron chi connectivity index (χ3n) is 6.09. The zero-order valence-corrected chi connectivity index (χ0v) is 19.4. The molecule has 0 aliphatic heterocycles. The smallest absolute Gasteiger partial charge is 0.264 e. The summed E-state index contributed by atoms with van der Waals surface area (Å²) in [6.07, 6.45) is -0.226. The lowest BCUT2D eigenvalue weighted by atomic mass is 9.80. The van der Waals surface area contributed by atoms with E-state index in [2.05, 4.69) is 10.0 Å². The number of hydrogen-bond donors (Lipinski definition) is 0. The Morgan fingerprint density at radius 1 is 1.00 bits per heavy atom. The molecule has 3 aromatic carbocycles. The molecule has 0 radical (unpaired) electrons. The molecule has 10 heteroatoms. The standard InChI is InChI=1S/C25H19N3O6S/c1-35(31,32)34-20-11-17-21-18(24(29)15-9-5-6-10-16(15)25(21)30)12-19(22(17)23(20)27-28-26)33-13-14-7-3-2-4-8-14/h2-10,12,20,23H,11,13H2,1H3/t20-,23-/m1/s1. The highest BCUT2D eigenvalue weighted by Crippen LogP contribution is 2.47. The van der Waals surface area contributed by atoms with Crippen LogP contribution in [0.25, 0.3) is 10.4 Å². The van der Waals surface area contributed by atoms with Gasteiger partial charge in [-0.05, 0) is 22.7 Å². The fourth-order valence-electron chi connectivity index (χ4n) is 4.71. The third kappa shape index (κ3) is 4.08. The fraction of sp³-hybridized carbons (Fsp3) is 0.200. The largest absolute Gasteiger partial charge is 0.489 e. The molecule has 0 aromatic heterocycles. The van der Waals surface area contributed by atoms with Gasteiger partial charge < -0.3 is 4.74 Å². The van der Waals surface area contributed by atoms with Crippen molar-refractivity contribution in [1.82, 2.24) is 0 Å². The molecule has 0 fully saturated rings. The number of benzene rings is 3. The first-order valence-electron chi connectivity index (χ1n) is 10.8. The quantitative estimate of drug-likeness (QED) is 0.171. The number of rotatable bonds is 6. The Balaban J connectivity index is 1.70. The van der Waals surface area contributed by atoms with Crippen LogP contribution in [0.5, 0.6) is 5.75 Å². The molecule has 5 rings (SSSR count). The summed E-state index contributed by atoms with van der Waals surface area (Å²) in [5, 5.41) is 3.80. The van der Waals surface area contributed by atoms with Crippen molar-refractivity contribution in [1.29, 1.82) is 0 Å². The molecule has 9 nitrogen and oxygen atoms in total. The first kappa shape index (κ1) is 22.8. The molecule has 35 heavy (non-hydrogen) atoms. The van der Waals surface area contributed by atoms with Crippen molar-refractivity contribution in [3.8, 4) is 5.75 Å². The number of ether oxygens (including phenoxy) is 1. The Bertz CT molecular complexity index is 1530. The highest BCUT2D eigenvalue weighted by molar-refractivity contribution is 7.86. The molecule has 0 heterocycles. The molecular weight excluding hydrogens is 470 g/mol. The summed E-state index contributed by atoms with van der Waals surface area (Å²) >= 11 is 0. The third-order valence-corrected chi connectivity index (χ3v) is 6.69. The van der Waals surface area contributed by atoms with Crippen LogP contribution in [-0.2, 0) is 27.3 Å². The molecule has 0 saturated heterocycles. The summed E-state index contributed by atoms with van der Waals surface area (Å²) in [5.41, 5.74) is 11.7. The van der Waals surface area contributed by atoms with E-state index in [1.807, 2.05) is 30.3 Å². The van der Waals surface area contributed by atoms with Crippen molar-refractivity contribution in [2.24, 2.45) is 5.11 Å². The number of fused-ring (bicyclic) bond motifs is 4. The first-order chi connectivity index (χ1) is 16.8. The van der Waals surface area contributed by atoms with Gasteiger partial charge in [-0.1, -0.05) is 59.7 Å². The van der Waals surface area contributed by atoms with Crippen LogP contribution in [0.3, 0.4) is 0 Å². The highest BCUT2D eigenvalue weighted by Gasteiger charge is 2.43. The van der Waals surface area contributed by atoms with E-state index in [0.717, 1.165) is 11.8 Å². The van der Waals surface area contributed by atoms with Crippen LogP contribution in [-0.4, -0.2) is 32.3 Å². The first-order valence-corrected chi connectivity index (χ1v) is 12.6. The van der Waals surface area contributed by atoms with E-state index >= 15 is 0 Å². The monoisotopic (exact) mass is 489 g/mol.